The number of rotatable bonds is 3. The zero-order valence-electron chi connectivity index (χ0n) is 23.8. The lowest BCUT2D eigenvalue weighted by Crippen LogP contribution is -2.37. The maximum Gasteiger partial charge on any atom is 0.341 e. The van der Waals surface area contributed by atoms with E-state index in [4.69, 9.17) is 19.0 Å². The quantitative estimate of drug-likeness (QED) is 0.130. The van der Waals surface area contributed by atoms with E-state index in [0.29, 0.717) is 18.6 Å². The Morgan fingerprint density at radius 1 is 0.756 bits per heavy atom. The monoisotopic (exact) mass is 630 g/mol. The van der Waals surface area contributed by atoms with Crippen LogP contribution in [-0.2, 0) is 59.1 Å². The molecule has 6 unspecified atom stereocenters. The number of aliphatic hydroxyl groups excluding tert-OH is 3. The molecule has 0 aromatic carbocycles. The fourth-order valence-corrected chi connectivity index (χ4v) is 6.25. The summed E-state index contributed by atoms with van der Waals surface area (Å²) < 4.78 is 29.1. The molecule has 15 nitrogen and oxygen atoms in total. The van der Waals surface area contributed by atoms with Gasteiger partial charge in [-0.25, -0.2) is 4.79 Å². The third-order valence-corrected chi connectivity index (χ3v) is 8.46. The number of furan rings is 1. The van der Waals surface area contributed by atoms with Gasteiger partial charge in [-0.1, -0.05) is 30.9 Å². The summed E-state index contributed by atoms with van der Waals surface area (Å²) in [4.78, 5) is 65.8. The summed E-state index contributed by atoms with van der Waals surface area (Å²) in [6, 6.07) is 3.46. The standard InChI is InChI=1S/2C10H10O5.C5H4O3.C5H6O2/c2*11-5-9-2-1-6(15-9)10(4-9)3-7(12)14-8(10)13;1-3-2-4(6)8-5(3)7;6-4-5-2-1-3-7-5/h2*1-2,6,11H,3-5H2;1-2H2;1-3,6H,4H2. The summed E-state index contributed by atoms with van der Waals surface area (Å²) in [6.45, 7) is 2.93. The Labute approximate surface area is 255 Å². The average Bonchev–Trinajstić information content (AvgIpc) is 3.87. The van der Waals surface area contributed by atoms with Crippen LogP contribution in [0.2, 0.25) is 0 Å². The lowest BCUT2D eigenvalue weighted by atomic mass is 9.72. The Morgan fingerprint density at radius 2 is 1.27 bits per heavy atom. The molecule has 5 fully saturated rings. The molecule has 8 rings (SSSR count). The van der Waals surface area contributed by atoms with Crippen molar-refractivity contribution in [1.82, 2.24) is 0 Å². The van der Waals surface area contributed by atoms with Gasteiger partial charge in [0, 0.05) is 18.4 Å². The van der Waals surface area contributed by atoms with Crippen LogP contribution in [0.4, 0.5) is 0 Å². The highest BCUT2D eigenvalue weighted by Crippen LogP contribution is 2.55. The Hall–Kier alpha value is -4.28. The lowest BCUT2D eigenvalue weighted by Gasteiger charge is -2.24. The molecular formula is C30H30O15. The van der Waals surface area contributed by atoms with Crippen LogP contribution < -0.4 is 0 Å². The number of hydrogen-bond donors (Lipinski definition) is 3. The van der Waals surface area contributed by atoms with Gasteiger partial charge < -0.3 is 43.4 Å². The maximum absolute atomic E-state index is 11.6. The minimum Gasteiger partial charge on any atom is -0.467 e. The number of esters is 6. The molecule has 240 valence electrons. The number of aliphatic hydroxyl groups is 3. The molecule has 8 heterocycles. The van der Waals surface area contributed by atoms with E-state index in [1.807, 2.05) is 0 Å². The normalized spacial score (nSPS) is 36.1. The molecule has 7 aliphatic rings. The molecule has 0 aliphatic carbocycles. The average molecular weight is 631 g/mol. The van der Waals surface area contributed by atoms with E-state index in [1.54, 1.807) is 36.4 Å². The zero-order valence-corrected chi connectivity index (χ0v) is 23.8. The zero-order chi connectivity index (χ0) is 32.6. The molecule has 5 saturated heterocycles. The second-order valence-corrected chi connectivity index (χ2v) is 11.6. The van der Waals surface area contributed by atoms with Crippen molar-refractivity contribution in [2.24, 2.45) is 10.8 Å². The van der Waals surface area contributed by atoms with Gasteiger partial charge >= 0.3 is 35.8 Å². The summed E-state index contributed by atoms with van der Waals surface area (Å²) in [5.74, 6) is -2.51. The molecule has 1 aromatic rings. The fraction of sp³-hybridized carbons (Fsp3) is 0.467. The first-order valence-electron chi connectivity index (χ1n) is 13.9. The van der Waals surface area contributed by atoms with Crippen molar-refractivity contribution >= 4 is 35.8 Å². The van der Waals surface area contributed by atoms with E-state index < -0.39 is 70.1 Å². The minimum absolute atomic E-state index is 0.00694. The van der Waals surface area contributed by atoms with Gasteiger partial charge in [-0.15, -0.1) is 0 Å². The number of carbonyl (C=O) groups is 6. The highest BCUT2D eigenvalue weighted by molar-refractivity contribution is 6.05. The predicted octanol–water partition coefficient (Wildman–Crippen LogP) is -0.140. The number of cyclic esters (lactones) is 6. The number of carbonyl (C=O) groups excluding carboxylic acids is 6. The highest BCUT2D eigenvalue weighted by Gasteiger charge is 2.67. The van der Waals surface area contributed by atoms with Crippen molar-refractivity contribution < 1.29 is 72.2 Å². The van der Waals surface area contributed by atoms with Gasteiger partial charge in [0.25, 0.3) is 0 Å². The fourth-order valence-electron chi connectivity index (χ4n) is 6.25. The first-order chi connectivity index (χ1) is 21.3. The Kier molecular flexibility index (Phi) is 8.50. The van der Waals surface area contributed by atoms with E-state index in [-0.39, 0.29) is 44.7 Å². The molecule has 45 heavy (non-hydrogen) atoms. The van der Waals surface area contributed by atoms with Gasteiger partial charge in [0.2, 0.25) is 0 Å². The van der Waals surface area contributed by atoms with Crippen LogP contribution in [0.5, 0.6) is 0 Å². The summed E-state index contributed by atoms with van der Waals surface area (Å²) in [5.41, 5.74) is -3.08. The van der Waals surface area contributed by atoms with Crippen molar-refractivity contribution in [3.63, 3.8) is 0 Å². The number of hydrogen-bond acceptors (Lipinski definition) is 15. The maximum atomic E-state index is 11.6. The van der Waals surface area contributed by atoms with Crippen LogP contribution in [0.1, 0.15) is 37.9 Å². The molecule has 4 bridgehead atoms. The van der Waals surface area contributed by atoms with E-state index >= 15 is 0 Å². The van der Waals surface area contributed by atoms with Crippen LogP contribution >= 0.6 is 0 Å². The molecule has 0 amide bonds. The lowest BCUT2D eigenvalue weighted by molar-refractivity contribution is -0.157. The van der Waals surface area contributed by atoms with Crippen molar-refractivity contribution in [2.45, 2.75) is 62.1 Å². The first kappa shape index (κ1) is 32.1. The minimum atomic E-state index is -0.880. The van der Waals surface area contributed by atoms with Gasteiger partial charge in [-0.05, 0) is 12.1 Å². The highest BCUT2D eigenvalue weighted by atomic mass is 16.6. The van der Waals surface area contributed by atoms with Crippen LogP contribution in [0.15, 0.2) is 59.3 Å². The molecule has 2 spiro atoms. The molecule has 0 saturated carbocycles. The third kappa shape index (κ3) is 5.80. The van der Waals surface area contributed by atoms with Crippen LogP contribution in [0.25, 0.3) is 0 Å². The Morgan fingerprint density at radius 3 is 1.51 bits per heavy atom. The summed E-state index contributed by atoms with van der Waals surface area (Å²) in [7, 11) is 0. The van der Waals surface area contributed by atoms with Crippen molar-refractivity contribution in [1.29, 1.82) is 0 Å². The largest absolute Gasteiger partial charge is 0.467 e. The Balaban J connectivity index is 0.000000125. The third-order valence-electron chi connectivity index (χ3n) is 8.46. The second-order valence-electron chi connectivity index (χ2n) is 11.6. The summed E-state index contributed by atoms with van der Waals surface area (Å²) >= 11 is 0. The van der Waals surface area contributed by atoms with Crippen LogP contribution in [-0.4, -0.2) is 87.8 Å². The molecule has 1 aromatic heterocycles. The molecular weight excluding hydrogens is 600 g/mol. The SMILES string of the molecule is C=C1CC(=O)OC1=O.O=C1CC2(CC3(CO)C=CC2O3)C(=O)O1.O=C1CC2(CC3(CO)C=CC2O3)C(=O)O1.OCc1ccco1. The van der Waals surface area contributed by atoms with Gasteiger partial charge in [0.05, 0.1) is 50.9 Å². The van der Waals surface area contributed by atoms with Crippen LogP contribution in [0, 0.1) is 10.8 Å². The van der Waals surface area contributed by atoms with Crippen molar-refractivity contribution in [2.75, 3.05) is 13.2 Å². The first-order valence-corrected chi connectivity index (χ1v) is 13.9. The van der Waals surface area contributed by atoms with Gasteiger partial charge in [0.15, 0.2) is 0 Å². The van der Waals surface area contributed by atoms with Crippen molar-refractivity contribution in [3.05, 3.63) is 60.6 Å². The topological polar surface area (TPSA) is 222 Å². The molecule has 7 aliphatic heterocycles. The van der Waals surface area contributed by atoms with E-state index in [1.165, 1.54) is 6.26 Å². The number of fused-ring (bicyclic) bond motifs is 6. The van der Waals surface area contributed by atoms with E-state index in [2.05, 4.69) is 20.8 Å². The van der Waals surface area contributed by atoms with Gasteiger partial charge in [-0.2, -0.15) is 0 Å². The molecule has 15 heteroatoms. The second kappa shape index (κ2) is 11.9. The Bertz CT molecular complexity index is 1400. The summed E-state index contributed by atoms with van der Waals surface area (Å²) in [6.07, 6.45) is 8.52. The van der Waals surface area contributed by atoms with Gasteiger partial charge in [-0.3, -0.25) is 24.0 Å². The van der Waals surface area contributed by atoms with Crippen LogP contribution in [0.3, 0.4) is 0 Å². The summed E-state index contributed by atoms with van der Waals surface area (Å²) in [5, 5.41) is 26.8. The molecule has 0 radical (unpaired) electrons. The molecule has 3 N–H and O–H groups in total. The van der Waals surface area contributed by atoms with Crippen molar-refractivity contribution in [3.8, 4) is 0 Å². The molecule has 6 atom stereocenters. The predicted molar refractivity (Wildman–Crippen MR) is 143 cm³/mol. The van der Waals surface area contributed by atoms with E-state index in [0.717, 1.165) is 0 Å². The smallest absolute Gasteiger partial charge is 0.341 e. The van der Waals surface area contributed by atoms with Gasteiger partial charge in [0.1, 0.15) is 34.4 Å². The number of ether oxygens (including phenoxy) is 5. The van der Waals surface area contributed by atoms with E-state index in [9.17, 15) is 39.0 Å².